The Morgan fingerprint density at radius 3 is 2.68 bits per heavy atom. The van der Waals surface area contributed by atoms with Crippen LogP contribution in [0.3, 0.4) is 0 Å². The molecule has 0 aromatic heterocycles. The summed E-state index contributed by atoms with van der Waals surface area (Å²) in [6.07, 6.45) is 1.72. The van der Waals surface area contributed by atoms with Crippen molar-refractivity contribution in [1.29, 1.82) is 0 Å². The molecule has 0 saturated heterocycles. The number of aliphatic carboxylic acids is 1. The molecule has 0 bridgehead atoms. The van der Waals surface area contributed by atoms with Crippen LogP contribution in [0.2, 0.25) is 0 Å². The summed E-state index contributed by atoms with van der Waals surface area (Å²) in [5.41, 5.74) is 0.424. The fraction of sp³-hybridized carbons (Fsp3) is 0.385. The van der Waals surface area contributed by atoms with E-state index in [-0.39, 0.29) is 18.5 Å². The van der Waals surface area contributed by atoms with Gasteiger partial charge in [-0.15, -0.1) is 0 Å². The number of rotatable bonds is 5. The molecule has 1 fully saturated rings. The van der Waals surface area contributed by atoms with Gasteiger partial charge >= 0.3 is 5.97 Å². The minimum absolute atomic E-state index is 0.0432. The van der Waals surface area contributed by atoms with Crippen molar-refractivity contribution in [3.05, 3.63) is 28.2 Å². The third-order valence-corrected chi connectivity index (χ3v) is 3.65. The molecule has 1 N–H and O–H groups in total. The van der Waals surface area contributed by atoms with Crippen molar-refractivity contribution < 1.29 is 19.4 Å². The van der Waals surface area contributed by atoms with E-state index >= 15 is 0 Å². The Bertz CT molecular complexity index is 513. The average molecular weight is 328 g/mol. The van der Waals surface area contributed by atoms with Gasteiger partial charge in [-0.3, -0.25) is 9.59 Å². The van der Waals surface area contributed by atoms with Gasteiger partial charge in [0.25, 0.3) is 5.91 Å². The van der Waals surface area contributed by atoms with Crippen LogP contribution in [0.4, 0.5) is 0 Å². The van der Waals surface area contributed by atoms with Gasteiger partial charge < -0.3 is 14.7 Å². The summed E-state index contributed by atoms with van der Waals surface area (Å²) in [5.74, 6) is -0.715. The van der Waals surface area contributed by atoms with Crippen molar-refractivity contribution in [2.75, 3.05) is 13.7 Å². The Morgan fingerprint density at radius 1 is 1.47 bits per heavy atom. The number of ether oxygens (including phenoxy) is 1. The molecule has 1 amide bonds. The predicted octanol–water partition coefficient (Wildman–Crippen LogP) is 2.15. The lowest BCUT2D eigenvalue weighted by Crippen LogP contribution is -2.37. The molecule has 0 aliphatic heterocycles. The maximum Gasteiger partial charge on any atom is 0.323 e. The molecule has 0 radical (unpaired) electrons. The molecule has 1 aromatic rings. The molecule has 0 heterocycles. The summed E-state index contributed by atoms with van der Waals surface area (Å²) in [6.45, 7) is -0.271. The van der Waals surface area contributed by atoms with Crippen LogP contribution in [0.1, 0.15) is 23.2 Å². The Hall–Kier alpha value is -1.56. The monoisotopic (exact) mass is 327 g/mol. The lowest BCUT2D eigenvalue weighted by molar-refractivity contribution is -0.137. The normalized spacial score (nSPS) is 14.0. The number of nitrogens with zero attached hydrogens (tertiary/aromatic N) is 1. The van der Waals surface area contributed by atoms with Gasteiger partial charge in [-0.2, -0.15) is 0 Å². The maximum atomic E-state index is 12.4. The molecular formula is C13H14BrNO4. The number of carbonyl (C=O) groups is 2. The molecule has 6 heteroatoms. The molecule has 0 atom stereocenters. The lowest BCUT2D eigenvalue weighted by Gasteiger charge is -2.21. The van der Waals surface area contributed by atoms with Crippen LogP contribution in [-0.4, -0.2) is 41.6 Å². The topological polar surface area (TPSA) is 66.8 Å². The molecular weight excluding hydrogens is 314 g/mol. The first-order chi connectivity index (χ1) is 9.02. The highest BCUT2D eigenvalue weighted by Gasteiger charge is 2.35. The maximum absolute atomic E-state index is 12.4. The van der Waals surface area contributed by atoms with E-state index in [9.17, 15) is 9.59 Å². The van der Waals surface area contributed by atoms with E-state index in [2.05, 4.69) is 15.9 Å². The first kappa shape index (κ1) is 13.9. The second kappa shape index (κ2) is 5.61. The third-order valence-electron chi connectivity index (χ3n) is 2.96. The van der Waals surface area contributed by atoms with Gasteiger partial charge in [0, 0.05) is 10.5 Å². The zero-order valence-corrected chi connectivity index (χ0v) is 12.0. The summed E-state index contributed by atoms with van der Waals surface area (Å²) >= 11 is 3.31. The highest BCUT2D eigenvalue weighted by molar-refractivity contribution is 9.10. The van der Waals surface area contributed by atoms with Gasteiger partial charge in [0.15, 0.2) is 0 Å². The second-order valence-corrected chi connectivity index (χ2v) is 5.26. The molecule has 1 aliphatic carbocycles. The van der Waals surface area contributed by atoms with Crippen molar-refractivity contribution in [3.8, 4) is 5.75 Å². The summed E-state index contributed by atoms with van der Waals surface area (Å²) in [6, 6.07) is 5.11. The summed E-state index contributed by atoms with van der Waals surface area (Å²) in [7, 11) is 1.52. The van der Waals surface area contributed by atoms with E-state index in [4.69, 9.17) is 9.84 Å². The molecule has 1 aliphatic rings. The predicted molar refractivity (Wildman–Crippen MR) is 72.4 cm³/mol. The first-order valence-corrected chi connectivity index (χ1v) is 6.68. The van der Waals surface area contributed by atoms with Gasteiger partial charge in [-0.25, -0.2) is 0 Å². The van der Waals surface area contributed by atoms with Crippen molar-refractivity contribution in [2.45, 2.75) is 18.9 Å². The Labute approximate surface area is 119 Å². The number of hydrogen-bond acceptors (Lipinski definition) is 3. The number of methoxy groups -OCH3 is 1. The van der Waals surface area contributed by atoms with Crippen LogP contribution in [0.25, 0.3) is 0 Å². The van der Waals surface area contributed by atoms with Crippen LogP contribution < -0.4 is 4.74 Å². The number of carbonyl (C=O) groups excluding carboxylic acids is 1. The third kappa shape index (κ3) is 3.26. The van der Waals surface area contributed by atoms with Gasteiger partial charge in [-0.1, -0.05) is 0 Å². The highest BCUT2D eigenvalue weighted by Crippen LogP contribution is 2.30. The van der Waals surface area contributed by atoms with Crippen molar-refractivity contribution in [1.82, 2.24) is 4.90 Å². The fourth-order valence-electron chi connectivity index (χ4n) is 1.85. The SMILES string of the molecule is COc1ccc(Br)c(C(=O)N(CC(=O)O)C2CC2)c1. The molecule has 102 valence electrons. The Balaban J connectivity index is 2.27. The molecule has 1 saturated carbocycles. The first-order valence-electron chi connectivity index (χ1n) is 5.89. The largest absolute Gasteiger partial charge is 0.497 e. The number of carboxylic acids is 1. The van der Waals surface area contributed by atoms with Gasteiger partial charge in [0.05, 0.1) is 12.7 Å². The highest BCUT2D eigenvalue weighted by atomic mass is 79.9. The van der Waals surface area contributed by atoms with Crippen LogP contribution in [0, 0.1) is 0 Å². The molecule has 5 nitrogen and oxygen atoms in total. The van der Waals surface area contributed by atoms with E-state index in [1.54, 1.807) is 18.2 Å². The van der Waals surface area contributed by atoms with Crippen LogP contribution in [-0.2, 0) is 4.79 Å². The van der Waals surface area contributed by atoms with E-state index in [0.717, 1.165) is 12.8 Å². The molecule has 2 rings (SSSR count). The van der Waals surface area contributed by atoms with Gasteiger partial charge in [0.2, 0.25) is 0 Å². The van der Waals surface area contributed by atoms with Crippen LogP contribution >= 0.6 is 15.9 Å². The number of benzene rings is 1. The minimum atomic E-state index is -1.00. The molecule has 0 unspecified atom stereocenters. The minimum Gasteiger partial charge on any atom is -0.497 e. The van der Waals surface area contributed by atoms with E-state index in [1.165, 1.54) is 12.0 Å². The number of amides is 1. The zero-order valence-electron chi connectivity index (χ0n) is 10.4. The Morgan fingerprint density at radius 2 is 2.16 bits per heavy atom. The summed E-state index contributed by atoms with van der Waals surface area (Å²) < 4.78 is 5.72. The van der Waals surface area contributed by atoms with E-state index < -0.39 is 5.97 Å². The quantitative estimate of drug-likeness (QED) is 0.899. The molecule has 19 heavy (non-hydrogen) atoms. The van der Waals surface area contributed by atoms with Crippen molar-refractivity contribution in [2.24, 2.45) is 0 Å². The van der Waals surface area contributed by atoms with Gasteiger partial charge in [0.1, 0.15) is 12.3 Å². The van der Waals surface area contributed by atoms with E-state index in [0.29, 0.717) is 15.8 Å². The van der Waals surface area contributed by atoms with Crippen molar-refractivity contribution in [3.63, 3.8) is 0 Å². The molecule has 0 spiro atoms. The van der Waals surface area contributed by atoms with E-state index in [1.807, 2.05) is 0 Å². The smallest absolute Gasteiger partial charge is 0.323 e. The average Bonchev–Trinajstić information content (AvgIpc) is 3.20. The Kier molecular flexibility index (Phi) is 4.09. The standard InChI is InChI=1S/C13H14BrNO4/c1-19-9-4-5-11(14)10(6-9)13(18)15(7-12(16)17)8-2-3-8/h4-6,8H,2-3,7H2,1H3,(H,16,17). The van der Waals surface area contributed by atoms with Crippen molar-refractivity contribution >= 4 is 27.8 Å². The number of hydrogen-bond donors (Lipinski definition) is 1. The number of halogens is 1. The van der Waals surface area contributed by atoms with Crippen LogP contribution in [0.15, 0.2) is 22.7 Å². The van der Waals surface area contributed by atoms with Crippen LogP contribution in [0.5, 0.6) is 5.75 Å². The zero-order chi connectivity index (χ0) is 14.0. The molecule has 1 aromatic carbocycles. The summed E-state index contributed by atoms with van der Waals surface area (Å²) in [4.78, 5) is 24.7. The fourth-order valence-corrected chi connectivity index (χ4v) is 2.26. The second-order valence-electron chi connectivity index (χ2n) is 4.40. The van der Waals surface area contributed by atoms with Gasteiger partial charge in [-0.05, 0) is 47.0 Å². The lowest BCUT2D eigenvalue weighted by atomic mass is 10.2. The summed E-state index contributed by atoms with van der Waals surface area (Å²) in [5, 5.41) is 8.90. The number of carboxylic acid groups (broad SMARTS) is 1.